The molecule has 0 radical (unpaired) electrons. The molecule has 0 aliphatic rings. The van der Waals surface area contributed by atoms with E-state index in [9.17, 15) is 0 Å². The van der Waals surface area contributed by atoms with Crippen LogP contribution in [0, 0.1) is 5.41 Å². The Morgan fingerprint density at radius 3 is 2.41 bits per heavy atom. The topological polar surface area (TPSA) is 90.9 Å². The zero-order chi connectivity index (χ0) is 13.1. The highest BCUT2D eigenvalue weighted by Gasteiger charge is 2.22. The van der Waals surface area contributed by atoms with E-state index in [2.05, 4.69) is 10.5 Å². The molecule has 0 atom stereocenters. The number of aliphatic hydroxyl groups excluding tert-OH is 1. The Hall–Kier alpha value is -0.810. The van der Waals surface area contributed by atoms with E-state index in [1.165, 1.54) is 0 Å². The van der Waals surface area contributed by atoms with Crippen molar-refractivity contribution in [3.05, 3.63) is 0 Å². The molecule has 0 amide bonds. The van der Waals surface area contributed by atoms with Gasteiger partial charge in [-0.1, -0.05) is 19.0 Å². The van der Waals surface area contributed by atoms with Gasteiger partial charge in [-0.3, -0.25) is 0 Å². The van der Waals surface area contributed by atoms with Gasteiger partial charge in [0.25, 0.3) is 0 Å². The van der Waals surface area contributed by atoms with Gasteiger partial charge in [-0.25, -0.2) is 0 Å². The van der Waals surface area contributed by atoms with Crippen molar-refractivity contribution in [3.63, 3.8) is 0 Å². The van der Waals surface area contributed by atoms with Crippen LogP contribution in [-0.4, -0.2) is 35.8 Å². The Labute approximate surface area is 104 Å². The molecule has 0 aromatic rings. The van der Waals surface area contributed by atoms with Crippen LogP contribution in [0.15, 0.2) is 5.16 Å². The Kier molecular flexibility index (Phi) is 8.80. The van der Waals surface area contributed by atoms with Crippen LogP contribution < -0.4 is 11.1 Å². The minimum Gasteiger partial charge on any atom is -0.409 e. The van der Waals surface area contributed by atoms with Gasteiger partial charge in [0.15, 0.2) is 0 Å². The number of nitrogens with zero attached hydrogens (tertiary/aromatic N) is 1. The zero-order valence-electron chi connectivity index (χ0n) is 11.1. The maximum Gasteiger partial charge on any atom is 0.144 e. The molecule has 0 saturated carbocycles. The van der Waals surface area contributed by atoms with Gasteiger partial charge >= 0.3 is 0 Å². The van der Waals surface area contributed by atoms with E-state index in [4.69, 9.17) is 16.0 Å². The van der Waals surface area contributed by atoms with E-state index in [1.807, 2.05) is 13.8 Å². The van der Waals surface area contributed by atoms with Crippen molar-refractivity contribution in [1.82, 2.24) is 5.32 Å². The molecular weight excluding hydrogens is 218 g/mol. The van der Waals surface area contributed by atoms with Gasteiger partial charge < -0.3 is 21.4 Å². The van der Waals surface area contributed by atoms with Crippen LogP contribution in [0.25, 0.3) is 0 Å². The third-order valence-electron chi connectivity index (χ3n) is 2.97. The first-order valence-corrected chi connectivity index (χ1v) is 6.34. The van der Waals surface area contributed by atoms with Crippen LogP contribution in [0.5, 0.6) is 0 Å². The summed E-state index contributed by atoms with van der Waals surface area (Å²) in [4.78, 5) is 0. The number of aliphatic hydroxyl groups is 1. The number of hydrogen-bond donors (Lipinski definition) is 4. The average Bonchev–Trinajstić information content (AvgIpc) is 2.31. The lowest BCUT2D eigenvalue weighted by Crippen LogP contribution is -2.32. The average molecular weight is 245 g/mol. The van der Waals surface area contributed by atoms with Crippen LogP contribution >= 0.6 is 0 Å². The summed E-state index contributed by atoms with van der Waals surface area (Å²) in [7, 11) is 0. The number of amidine groups is 1. The summed E-state index contributed by atoms with van der Waals surface area (Å²) in [6.07, 6.45) is 4.96. The smallest absolute Gasteiger partial charge is 0.144 e. The van der Waals surface area contributed by atoms with Gasteiger partial charge in [-0.05, 0) is 45.2 Å². The van der Waals surface area contributed by atoms with Crippen LogP contribution in [0.1, 0.15) is 46.0 Å². The highest BCUT2D eigenvalue weighted by Crippen LogP contribution is 2.21. The van der Waals surface area contributed by atoms with Gasteiger partial charge in [0.1, 0.15) is 5.84 Å². The largest absolute Gasteiger partial charge is 0.409 e. The molecule has 0 rings (SSSR count). The van der Waals surface area contributed by atoms with Gasteiger partial charge in [-0.15, -0.1) is 0 Å². The molecule has 0 heterocycles. The van der Waals surface area contributed by atoms with Crippen molar-refractivity contribution in [3.8, 4) is 0 Å². The molecule has 0 fully saturated rings. The minimum atomic E-state index is -0.243. The summed E-state index contributed by atoms with van der Waals surface area (Å²) in [5.74, 6) is 0.292. The highest BCUT2D eigenvalue weighted by molar-refractivity contribution is 5.85. The number of nitrogens with two attached hydrogens (primary N) is 1. The Morgan fingerprint density at radius 2 is 1.82 bits per heavy atom. The summed E-state index contributed by atoms with van der Waals surface area (Å²) < 4.78 is 0. The lowest BCUT2D eigenvalue weighted by molar-refractivity contribution is 0.282. The molecule has 0 aromatic carbocycles. The first-order valence-electron chi connectivity index (χ1n) is 6.34. The number of oxime groups is 1. The molecule has 0 aliphatic heterocycles. The Balaban J connectivity index is 3.45. The number of hydrogen-bond acceptors (Lipinski definition) is 4. The number of unbranched alkanes of at least 4 members (excludes halogenated alkanes) is 2. The second-order valence-corrected chi connectivity index (χ2v) is 5.01. The van der Waals surface area contributed by atoms with Crippen molar-refractivity contribution in [2.45, 2.75) is 46.0 Å². The first kappa shape index (κ1) is 16.2. The van der Waals surface area contributed by atoms with Gasteiger partial charge in [0.2, 0.25) is 0 Å². The molecular formula is C12H27N3O2. The summed E-state index contributed by atoms with van der Waals surface area (Å²) >= 11 is 0. The van der Waals surface area contributed by atoms with E-state index in [-0.39, 0.29) is 12.0 Å². The molecule has 0 unspecified atom stereocenters. The van der Waals surface area contributed by atoms with Gasteiger partial charge in [-0.2, -0.15) is 0 Å². The second-order valence-electron chi connectivity index (χ2n) is 5.01. The first-order chi connectivity index (χ1) is 8.04. The van der Waals surface area contributed by atoms with E-state index >= 15 is 0 Å². The monoisotopic (exact) mass is 245 g/mol. The van der Waals surface area contributed by atoms with Crippen LogP contribution in [0.4, 0.5) is 0 Å². The zero-order valence-corrected chi connectivity index (χ0v) is 11.1. The van der Waals surface area contributed by atoms with Crippen LogP contribution in [-0.2, 0) is 0 Å². The summed E-state index contributed by atoms with van der Waals surface area (Å²) in [5.41, 5.74) is 5.36. The predicted octanol–water partition coefficient (Wildman–Crippen LogP) is 1.29. The summed E-state index contributed by atoms with van der Waals surface area (Å²) in [6, 6.07) is 0. The molecule has 0 aromatic heterocycles. The fourth-order valence-corrected chi connectivity index (χ4v) is 1.58. The molecule has 0 bridgehead atoms. The fraction of sp³-hybridized carbons (Fsp3) is 0.917. The standard InChI is InChI=1S/C12H27N3O2/c1-12(2,11(13)15-17)7-6-9-14-8-4-3-5-10-16/h14,16-17H,3-10H2,1-2H3,(H2,13,15). The van der Waals surface area contributed by atoms with E-state index in [0.29, 0.717) is 5.84 Å². The van der Waals surface area contributed by atoms with Crippen LogP contribution in [0.3, 0.4) is 0 Å². The normalized spacial score (nSPS) is 13.0. The molecule has 0 saturated heterocycles. The number of rotatable bonds is 10. The predicted molar refractivity (Wildman–Crippen MR) is 70.2 cm³/mol. The van der Waals surface area contributed by atoms with Crippen molar-refractivity contribution >= 4 is 5.84 Å². The van der Waals surface area contributed by atoms with Gasteiger partial charge in [0, 0.05) is 12.0 Å². The Morgan fingerprint density at radius 1 is 1.18 bits per heavy atom. The molecule has 17 heavy (non-hydrogen) atoms. The third-order valence-corrected chi connectivity index (χ3v) is 2.97. The summed E-state index contributed by atoms with van der Waals surface area (Å²) in [5, 5.41) is 23.6. The second kappa shape index (κ2) is 9.24. The molecule has 5 N–H and O–H groups in total. The minimum absolute atomic E-state index is 0.243. The lowest BCUT2D eigenvalue weighted by Gasteiger charge is -2.22. The Bertz CT molecular complexity index is 218. The molecule has 102 valence electrons. The van der Waals surface area contributed by atoms with Crippen molar-refractivity contribution in [1.29, 1.82) is 0 Å². The number of nitrogens with one attached hydrogen (secondary N) is 1. The molecule has 5 heteroatoms. The molecule has 5 nitrogen and oxygen atoms in total. The van der Waals surface area contributed by atoms with Crippen molar-refractivity contribution in [2.75, 3.05) is 19.7 Å². The summed E-state index contributed by atoms with van der Waals surface area (Å²) in [6.45, 7) is 6.17. The molecule has 0 aliphatic carbocycles. The van der Waals surface area contributed by atoms with Crippen LogP contribution in [0.2, 0.25) is 0 Å². The van der Waals surface area contributed by atoms with E-state index < -0.39 is 0 Å². The van der Waals surface area contributed by atoms with Gasteiger partial charge in [0.05, 0.1) is 0 Å². The quantitative estimate of drug-likeness (QED) is 0.153. The highest BCUT2D eigenvalue weighted by atomic mass is 16.4. The van der Waals surface area contributed by atoms with E-state index in [1.54, 1.807) is 0 Å². The maximum absolute atomic E-state index is 8.62. The SMILES string of the molecule is CC(C)(CCCNCCCCCO)C(N)=NO. The van der Waals surface area contributed by atoms with Crippen molar-refractivity contribution in [2.24, 2.45) is 16.3 Å². The van der Waals surface area contributed by atoms with Crippen molar-refractivity contribution < 1.29 is 10.3 Å². The fourth-order valence-electron chi connectivity index (χ4n) is 1.58. The molecule has 0 spiro atoms. The lowest BCUT2D eigenvalue weighted by atomic mass is 9.86. The van der Waals surface area contributed by atoms with E-state index in [0.717, 1.165) is 45.2 Å². The third kappa shape index (κ3) is 7.99. The maximum atomic E-state index is 8.62.